The lowest BCUT2D eigenvalue weighted by Crippen LogP contribution is -2.50. The van der Waals surface area contributed by atoms with Crippen LogP contribution in [-0.2, 0) is 4.79 Å². The maximum absolute atomic E-state index is 12.7. The molecule has 2 amide bonds. The number of hydrogen-bond donors (Lipinski definition) is 1. The predicted molar refractivity (Wildman–Crippen MR) is 125 cm³/mol. The van der Waals surface area contributed by atoms with Crippen molar-refractivity contribution in [2.75, 3.05) is 38.0 Å². The SMILES string of the molecule is Cc1ccc(-n2nc(C)cc2NC(=O)CN2CCN(C(=O)c3cccc(Cl)c3)CC2)cc1. The van der Waals surface area contributed by atoms with Crippen molar-refractivity contribution in [2.45, 2.75) is 13.8 Å². The fourth-order valence-corrected chi connectivity index (χ4v) is 3.96. The van der Waals surface area contributed by atoms with Crippen molar-refractivity contribution < 1.29 is 9.59 Å². The summed E-state index contributed by atoms with van der Waals surface area (Å²) in [6.45, 7) is 6.60. The number of aryl methyl sites for hydroxylation is 2. The summed E-state index contributed by atoms with van der Waals surface area (Å²) in [5, 5.41) is 8.04. The summed E-state index contributed by atoms with van der Waals surface area (Å²) >= 11 is 6.00. The molecule has 2 heterocycles. The zero-order valence-electron chi connectivity index (χ0n) is 18.2. The van der Waals surface area contributed by atoms with Gasteiger partial charge in [-0.3, -0.25) is 14.5 Å². The second-order valence-electron chi connectivity index (χ2n) is 8.05. The minimum Gasteiger partial charge on any atom is -0.336 e. The van der Waals surface area contributed by atoms with E-state index in [1.807, 2.05) is 44.2 Å². The highest BCUT2D eigenvalue weighted by Crippen LogP contribution is 2.18. The zero-order valence-corrected chi connectivity index (χ0v) is 19.0. The first-order chi connectivity index (χ1) is 15.4. The Morgan fingerprint density at radius 1 is 1.00 bits per heavy atom. The van der Waals surface area contributed by atoms with Crippen LogP contribution in [0, 0.1) is 13.8 Å². The standard InChI is InChI=1S/C24H26ClN5O2/c1-17-6-8-21(9-7-17)30-22(14-18(2)27-30)26-23(31)16-28-10-12-29(13-11-28)24(32)19-4-3-5-20(25)15-19/h3-9,14-15H,10-13,16H2,1-2H3,(H,26,31). The van der Waals surface area contributed by atoms with Gasteiger partial charge in [0, 0.05) is 42.8 Å². The third-order valence-electron chi connectivity index (χ3n) is 5.48. The van der Waals surface area contributed by atoms with Crippen LogP contribution in [0.3, 0.4) is 0 Å². The molecule has 0 aliphatic carbocycles. The van der Waals surface area contributed by atoms with Crippen LogP contribution in [0.4, 0.5) is 5.82 Å². The Bertz CT molecular complexity index is 1120. The van der Waals surface area contributed by atoms with Crippen LogP contribution in [0.15, 0.2) is 54.6 Å². The molecule has 8 heteroatoms. The van der Waals surface area contributed by atoms with Crippen molar-refractivity contribution in [3.05, 3.63) is 76.4 Å². The lowest BCUT2D eigenvalue weighted by molar-refractivity contribution is -0.117. The monoisotopic (exact) mass is 451 g/mol. The van der Waals surface area contributed by atoms with Gasteiger partial charge < -0.3 is 10.2 Å². The van der Waals surface area contributed by atoms with Gasteiger partial charge in [0.1, 0.15) is 5.82 Å². The highest BCUT2D eigenvalue weighted by atomic mass is 35.5. The third kappa shape index (κ3) is 5.18. The lowest BCUT2D eigenvalue weighted by Gasteiger charge is -2.34. The van der Waals surface area contributed by atoms with Crippen molar-refractivity contribution in [3.63, 3.8) is 0 Å². The van der Waals surface area contributed by atoms with Crippen molar-refractivity contribution in [1.29, 1.82) is 0 Å². The average Bonchev–Trinajstić information content (AvgIpc) is 3.14. The van der Waals surface area contributed by atoms with E-state index in [-0.39, 0.29) is 18.4 Å². The van der Waals surface area contributed by atoms with Crippen LogP contribution in [0.5, 0.6) is 0 Å². The Balaban J connectivity index is 1.33. The Morgan fingerprint density at radius 2 is 1.72 bits per heavy atom. The summed E-state index contributed by atoms with van der Waals surface area (Å²) in [6, 6.07) is 16.8. The molecule has 4 rings (SSSR count). The number of benzene rings is 2. The topological polar surface area (TPSA) is 70.5 Å². The Hall–Kier alpha value is -3.16. The minimum atomic E-state index is -0.104. The summed E-state index contributed by atoms with van der Waals surface area (Å²) in [5.74, 6) is 0.507. The fourth-order valence-electron chi connectivity index (χ4n) is 3.77. The number of carbonyl (C=O) groups excluding carboxylic acids is 2. The summed E-state index contributed by atoms with van der Waals surface area (Å²) in [4.78, 5) is 29.2. The number of aromatic nitrogens is 2. The van der Waals surface area contributed by atoms with E-state index >= 15 is 0 Å². The second-order valence-corrected chi connectivity index (χ2v) is 8.48. The van der Waals surface area contributed by atoms with E-state index in [9.17, 15) is 9.59 Å². The maximum atomic E-state index is 12.7. The van der Waals surface area contributed by atoms with Crippen molar-refractivity contribution in [2.24, 2.45) is 0 Å². The van der Waals surface area contributed by atoms with Crippen LogP contribution in [0.25, 0.3) is 5.69 Å². The van der Waals surface area contributed by atoms with Crippen LogP contribution in [-0.4, -0.2) is 64.1 Å². The zero-order chi connectivity index (χ0) is 22.7. The van der Waals surface area contributed by atoms with Gasteiger partial charge in [0.15, 0.2) is 0 Å². The molecular formula is C24H26ClN5O2. The van der Waals surface area contributed by atoms with Crippen molar-refractivity contribution >= 4 is 29.2 Å². The number of anilines is 1. The number of hydrogen-bond acceptors (Lipinski definition) is 4. The summed E-state index contributed by atoms with van der Waals surface area (Å²) in [6.07, 6.45) is 0. The highest BCUT2D eigenvalue weighted by Gasteiger charge is 2.24. The normalized spacial score (nSPS) is 14.4. The van der Waals surface area contributed by atoms with Crippen LogP contribution in [0.1, 0.15) is 21.6 Å². The molecular weight excluding hydrogens is 426 g/mol. The molecule has 0 unspecified atom stereocenters. The molecule has 0 bridgehead atoms. The molecule has 1 fully saturated rings. The Morgan fingerprint density at radius 3 is 2.41 bits per heavy atom. The van der Waals surface area contributed by atoms with E-state index in [1.54, 1.807) is 33.8 Å². The number of halogens is 1. The van der Waals surface area contributed by atoms with Gasteiger partial charge in [-0.25, -0.2) is 4.68 Å². The molecule has 3 aromatic rings. The Kier molecular flexibility index (Phi) is 6.58. The molecule has 0 radical (unpaired) electrons. The van der Waals surface area contributed by atoms with E-state index in [4.69, 9.17) is 11.6 Å². The molecule has 2 aromatic carbocycles. The third-order valence-corrected chi connectivity index (χ3v) is 5.71. The van der Waals surface area contributed by atoms with Gasteiger partial charge in [0.2, 0.25) is 5.91 Å². The van der Waals surface area contributed by atoms with Gasteiger partial charge in [0.25, 0.3) is 5.91 Å². The van der Waals surface area contributed by atoms with Crippen molar-refractivity contribution in [3.8, 4) is 5.69 Å². The molecule has 1 aromatic heterocycles. The van der Waals surface area contributed by atoms with Gasteiger partial charge in [-0.05, 0) is 44.2 Å². The molecule has 1 aliphatic rings. The molecule has 0 saturated carbocycles. The smallest absolute Gasteiger partial charge is 0.253 e. The van der Waals surface area contributed by atoms with Crippen LogP contribution < -0.4 is 5.32 Å². The molecule has 1 aliphatic heterocycles. The number of carbonyl (C=O) groups is 2. The highest BCUT2D eigenvalue weighted by molar-refractivity contribution is 6.30. The largest absolute Gasteiger partial charge is 0.336 e. The van der Waals surface area contributed by atoms with Crippen molar-refractivity contribution in [1.82, 2.24) is 19.6 Å². The van der Waals surface area contributed by atoms with Gasteiger partial charge in [-0.2, -0.15) is 5.10 Å². The lowest BCUT2D eigenvalue weighted by atomic mass is 10.2. The van der Waals surface area contributed by atoms with E-state index in [1.165, 1.54) is 0 Å². The predicted octanol–water partition coefficient (Wildman–Crippen LogP) is 3.54. The minimum absolute atomic E-state index is 0.0333. The maximum Gasteiger partial charge on any atom is 0.253 e. The molecule has 7 nitrogen and oxygen atoms in total. The molecule has 32 heavy (non-hydrogen) atoms. The van der Waals surface area contributed by atoms with Gasteiger partial charge >= 0.3 is 0 Å². The molecule has 1 N–H and O–H groups in total. The first-order valence-electron chi connectivity index (χ1n) is 10.6. The van der Waals surface area contributed by atoms with E-state index in [0.29, 0.717) is 42.6 Å². The van der Waals surface area contributed by atoms with Gasteiger partial charge in [-0.15, -0.1) is 0 Å². The van der Waals surface area contributed by atoms with E-state index < -0.39 is 0 Å². The van der Waals surface area contributed by atoms with Crippen LogP contribution in [0.2, 0.25) is 5.02 Å². The van der Waals surface area contributed by atoms with Gasteiger partial charge in [0.05, 0.1) is 17.9 Å². The van der Waals surface area contributed by atoms with Crippen LogP contribution >= 0.6 is 11.6 Å². The summed E-state index contributed by atoms with van der Waals surface area (Å²) in [5.41, 5.74) is 3.47. The van der Waals surface area contributed by atoms with Gasteiger partial charge in [-0.1, -0.05) is 35.4 Å². The summed E-state index contributed by atoms with van der Waals surface area (Å²) in [7, 11) is 0. The fraction of sp³-hybridized carbons (Fsp3) is 0.292. The molecule has 166 valence electrons. The second kappa shape index (κ2) is 9.54. The number of piperazine rings is 1. The molecule has 0 spiro atoms. The summed E-state index contributed by atoms with van der Waals surface area (Å²) < 4.78 is 1.74. The van der Waals surface area contributed by atoms with E-state index in [0.717, 1.165) is 16.9 Å². The molecule has 0 atom stereocenters. The number of rotatable bonds is 5. The first-order valence-corrected chi connectivity index (χ1v) is 11.0. The molecule has 1 saturated heterocycles. The number of nitrogens with one attached hydrogen (secondary N) is 1. The van der Waals surface area contributed by atoms with E-state index in [2.05, 4.69) is 15.3 Å². The first kappa shape index (κ1) is 22.0. The average molecular weight is 452 g/mol. The number of amides is 2. The Labute approximate surface area is 192 Å². The number of nitrogens with zero attached hydrogens (tertiary/aromatic N) is 4. The quantitative estimate of drug-likeness (QED) is 0.644.